The number of nitrogens with two attached hydrogens (primary N) is 1. The van der Waals surface area contributed by atoms with E-state index in [0.717, 1.165) is 19.4 Å². The van der Waals surface area contributed by atoms with Crippen LogP contribution < -0.4 is 11.1 Å². The Morgan fingerprint density at radius 1 is 1.45 bits per heavy atom. The number of ether oxygens (including phenoxy) is 1. The van der Waals surface area contributed by atoms with Gasteiger partial charge in [-0.25, -0.2) is 0 Å². The quantitative estimate of drug-likeness (QED) is 0.860. The van der Waals surface area contributed by atoms with Crippen molar-refractivity contribution >= 4 is 36.4 Å². The van der Waals surface area contributed by atoms with Crippen LogP contribution in [0.15, 0.2) is 24.5 Å². The lowest BCUT2D eigenvalue weighted by Crippen LogP contribution is -2.81. The van der Waals surface area contributed by atoms with Gasteiger partial charge in [-0.2, -0.15) is 0 Å². The molecule has 3 N–H and O–H groups in total. The van der Waals surface area contributed by atoms with Gasteiger partial charge in [0.15, 0.2) is 0 Å². The number of hydrogen-bond donors (Lipinski definition) is 2. The predicted octanol–water partition coefficient (Wildman–Crippen LogP) is 2.40. The first kappa shape index (κ1) is 19.2. The number of halogens is 2. The maximum atomic E-state index is 12.7. The molecule has 0 bridgehead atoms. The van der Waals surface area contributed by atoms with Gasteiger partial charge < -0.3 is 15.8 Å². The van der Waals surface area contributed by atoms with Crippen LogP contribution in [0.2, 0.25) is 0 Å². The van der Waals surface area contributed by atoms with Crippen LogP contribution in [-0.4, -0.2) is 29.1 Å². The summed E-state index contributed by atoms with van der Waals surface area (Å²) < 4.78 is 5.82. The average molecular weight is 348 g/mol. The monoisotopic (exact) mass is 347 g/mol. The molecule has 1 aliphatic carbocycles. The van der Waals surface area contributed by atoms with Crippen molar-refractivity contribution in [3.05, 3.63) is 24.5 Å². The largest absolute Gasteiger partial charge is 0.377 e. The molecule has 1 saturated carbocycles. The minimum absolute atomic E-state index is 0. The molecule has 7 heteroatoms. The minimum Gasteiger partial charge on any atom is -0.377 e. The predicted molar refractivity (Wildman–Crippen MR) is 90.5 cm³/mol. The molecule has 3 atom stereocenters. The molecule has 5 nitrogen and oxygen atoms in total. The highest BCUT2D eigenvalue weighted by Crippen LogP contribution is 2.57. The Morgan fingerprint density at radius 3 is 2.82 bits per heavy atom. The van der Waals surface area contributed by atoms with Gasteiger partial charge in [0, 0.05) is 24.1 Å². The van der Waals surface area contributed by atoms with Crippen molar-refractivity contribution in [2.24, 2.45) is 17.1 Å². The van der Waals surface area contributed by atoms with E-state index in [2.05, 4.69) is 10.3 Å². The number of rotatable bonds is 2. The first-order valence-electron chi connectivity index (χ1n) is 7.10. The van der Waals surface area contributed by atoms with Gasteiger partial charge >= 0.3 is 0 Å². The maximum Gasteiger partial charge on any atom is 0.245 e. The molecular formula is C15H23Cl2N3O2. The highest BCUT2D eigenvalue weighted by molar-refractivity contribution is 6.00. The Morgan fingerprint density at radius 2 is 2.18 bits per heavy atom. The van der Waals surface area contributed by atoms with Crippen molar-refractivity contribution in [3.8, 4) is 0 Å². The van der Waals surface area contributed by atoms with E-state index < -0.39 is 5.54 Å². The normalized spacial score (nSPS) is 31.6. The molecule has 2 aliphatic rings. The number of carbonyl (C=O) groups excluding carboxylic acids is 1. The number of fused-ring (bicyclic) bond motifs is 1. The van der Waals surface area contributed by atoms with Crippen LogP contribution in [0.3, 0.4) is 0 Å². The third-order valence-electron chi connectivity index (χ3n) is 4.98. The molecule has 1 amide bonds. The van der Waals surface area contributed by atoms with Crippen LogP contribution in [0.5, 0.6) is 0 Å². The molecule has 1 aromatic heterocycles. The van der Waals surface area contributed by atoms with Crippen molar-refractivity contribution < 1.29 is 9.53 Å². The molecule has 0 spiro atoms. The number of hydrogen-bond acceptors (Lipinski definition) is 4. The first-order chi connectivity index (χ1) is 9.48. The molecule has 0 radical (unpaired) electrons. The van der Waals surface area contributed by atoms with E-state index in [9.17, 15) is 4.79 Å². The smallest absolute Gasteiger partial charge is 0.245 e. The van der Waals surface area contributed by atoms with E-state index in [1.165, 1.54) is 0 Å². The molecule has 3 rings (SSSR count). The molecule has 3 unspecified atom stereocenters. The lowest BCUT2D eigenvalue weighted by molar-refractivity contribution is -0.222. The Bertz CT molecular complexity index is 527. The second kappa shape index (κ2) is 6.71. The average Bonchev–Trinajstić information content (AvgIpc) is 2.47. The van der Waals surface area contributed by atoms with Crippen molar-refractivity contribution in [1.82, 2.24) is 4.98 Å². The standard InChI is InChI=1S/C15H21N3O2.2ClH/c1-14(2)12-11(6-4-8-20-12)15(14,16)13(19)18-10-5-3-7-17-9-10;;/h3,5,7,9,11-12H,4,6,8,16H2,1-2H3,(H,18,19);2*1H. The molecule has 22 heavy (non-hydrogen) atoms. The van der Waals surface area contributed by atoms with Crippen molar-refractivity contribution in [2.45, 2.75) is 38.3 Å². The molecule has 2 heterocycles. The van der Waals surface area contributed by atoms with Crippen molar-refractivity contribution in [1.29, 1.82) is 0 Å². The fourth-order valence-electron chi connectivity index (χ4n) is 3.71. The molecule has 2 fully saturated rings. The summed E-state index contributed by atoms with van der Waals surface area (Å²) in [6.07, 6.45) is 5.30. The van der Waals surface area contributed by atoms with E-state index in [1.54, 1.807) is 18.5 Å². The highest BCUT2D eigenvalue weighted by atomic mass is 35.5. The molecule has 1 aliphatic heterocycles. The van der Waals surface area contributed by atoms with Crippen LogP contribution in [0.4, 0.5) is 5.69 Å². The fourth-order valence-corrected chi connectivity index (χ4v) is 3.71. The first-order valence-corrected chi connectivity index (χ1v) is 7.10. The molecule has 1 saturated heterocycles. The summed E-state index contributed by atoms with van der Waals surface area (Å²) in [7, 11) is 0. The summed E-state index contributed by atoms with van der Waals surface area (Å²) in [5.74, 6) is -0.0369. The number of nitrogens with one attached hydrogen (secondary N) is 1. The van der Waals surface area contributed by atoms with Gasteiger partial charge in [0.2, 0.25) is 5.91 Å². The van der Waals surface area contributed by atoms with Gasteiger partial charge in [0.05, 0.1) is 18.0 Å². The molecule has 1 aromatic rings. The van der Waals surface area contributed by atoms with Crippen molar-refractivity contribution in [3.63, 3.8) is 0 Å². The number of carbonyl (C=O) groups is 1. The summed E-state index contributed by atoms with van der Waals surface area (Å²) in [4.78, 5) is 16.7. The van der Waals surface area contributed by atoms with Gasteiger partial charge in [0.25, 0.3) is 0 Å². The number of anilines is 1. The number of pyridine rings is 1. The third-order valence-corrected chi connectivity index (χ3v) is 4.98. The van der Waals surface area contributed by atoms with E-state index in [-0.39, 0.29) is 48.2 Å². The van der Waals surface area contributed by atoms with E-state index in [0.29, 0.717) is 5.69 Å². The Hall–Kier alpha value is -0.880. The maximum absolute atomic E-state index is 12.7. The van der Waals surface area contributed by atoms with Crippen LogP contribution in [0, 0.1) is 11.3 Å². The zero-order valence-corrected chi connectivity index (χ0v) is 14.4. The van der Waals surface area contributed by atoms with E-state index >= 15 is 0 Å². The topological polar surface area (TPSA) is 77.2 Å². The summed E-state index contributed by atoms with van der Waals surface area (Å²) in [5.41, 5.74) is 5.96. The van der Waals surface area contributed by atoms with E-state index in [4.69, 9.17) is 10.5 Å². The highest BCUT2D eigenvalue weighted by Gasteiger charge is 2.70. The summed E-state index contributed by atoms with van der Waals surface area (Å²) in [6.45, 7) is 4.80. The molecule has 0 aromatic carbocycles. The molecule has 124 valence electrons. The lowest BCUT2D eigenvalue weighted by atomic mass is 9.46. The summed E-state index contributed by atoms with van der Waals surface area (Å²) in [6, 6.07) is 3.60. The van der Waals surface area contributed by atoms with Crippen molar-refractivity contribution in [2.75, 3.05) is 11.9 Å². The Kier molecular flexibility index (Phi) is 5.84. The van der Waals surface area contributed by atoms with Crippen LogP contribution in [0.25, 0.3) is 0 Å². The number of nitrogens with zero attached hydrogens (tertiary/aromatic N) is 1. The fraction of sp³-hybridized carbons (Fsp3) is 0.600. The van der Waals surface area contributed by atoms with Gasteiger partial charge in [-0.15, -0.1) is 24.8 Å². The lowest BCUT2D eigenvalue weighted by Gasteiger charge is -2.65. The summed E-state index contributed by atoms with van der Waals surface area (Å²) in [5, 5.41) is 2.89. The Balaban J connectivity index is 0.00000121. The van der Waals surface area contributed by atoms with Crippen LogP contribution in [0.1, 0.15) is 26.7 Å². The van der Waals surface area contributed by atoms with Crippen LogP contribution >= 0.6 is 24.8 Å². The number of amides is 1. The zero-order chi connectivity index (χ0) is 14.4. The van der Waals surface area contributed by atoms with Gasteiger partial charge in [0.1, 0.15) is 5.54 Å². The second-order valence-electron chi connectivity index (χ2n) is 6.33. The summed E-state index contributed by atoms with van der Waals surface area (Å²) >= 11 is 0. The van der Waals surface area contributed by atoms with Gasteiger partial charge in [-0.05, 0) is 25.0 Å². The van der Waals surface area contributed by atoms with Gasteiger partial charge in [-0.3, -0.25) is 9.78 Å². The molecular weight excluding hydrogens is 325 g/mol. The zero-order valence-electron chi connectivity index (χ0n) is 12.7. The Labute approximate surface area is 143 Å². The van der Waals surface area contributed by atoms with E-state index in [1.807, 2.05) is 19.9 Å². The number of aromatic nitrogens is 1. The second-order valence-corrected chi connectivity index (χ2v) is 6.33. The van der Waals surface area contributed by atoms with Crippen LogP contribution in [-0.2, 0) is 9.53 Å². The minimum atomic E-state index is -0.881. The third kappa shape index (κ3) is 2.60. The SMILES string of the molecule is CC1(C)C2OCCCC2C1(N)C(=O)Nc1cccnc1.Cl.Cl. The van der Waals surface area contributed by atoms with Gasteiger partial charge in [-0.1, -0.05) is 13.8 Å².